The molecule has 1 aromatic rings. The Kier molecular flexibility index (Phi) is 2.78. The molecule has 0 saturated carbocycles. The molecule has 0 atom stereocenters. The Morgan fingerprint density at radius 2 is 2.25 bits per heavy atom. The highest BCUT2D eigenvalue weighted by atomic mass is 19.1. The van der Waals surface area contributed by atoms with Crippen molar-refractivity contribution < 1.29 is 9.50 Å². The quantitative estimate of drug-likeness (QED) is 0.716. The van der Waals surface area contributed by atoms with Crippen molar-refractivity contribution in [2.75, 3.05) is 6.61 Å². The molecule has 0 bridgehead atoms. The van der Waals surface area contributed by atoms with E-state index < -0.39 is 5.82 Å². The molecule has 1 rings (SSSR count). The van der Waals surface area contributed by atoms with Crippen molar-refractivity contribution in [3.05, 3.63) is 35.1 Å². The van der Waals surface area contributed by atoms with Crippen LogP contribution >= 0.6 is 0 Å². The maximum atomic E-state index is 12.6. The molecular weight excluding hydrogens is 157 g/mol. The SMILES string of the molecule is N#Cc1cc(F)ccc1CCO. The van der Waals surface area contributed by atoms with Gasteiger partial charge in [0.05, 0.1) is 11.6 Å². The van der Waals surface area contributed by atoms with Gasteiger partial charge in [0.2, 0.25) is 0 Å². The summed E-state index contributed by atoms with van der Waals surface area (Å²) in [6.07, 6.45) is 0.392. The smallest absolute Gasteiger partial charge is 0.124 e. The van der Waals surface area contributed by atoms with E-state index in [2.05, 4.69) is 0 Å². The Balaban J connectivity index is 3.05. The minimum atomic E-state index is -0.423. The van der Waals surface area contributed by atoms with Crippen molar-refractivity contribution in [2.45, 2.75) is 6.42 Å². The summed E-state index contributed by atoms with van der Waals surface area (Å²) in [6, 6.07) is 5.84. The van der Waals surface area contributed by atoms with Crippen LogP contribution in [0.15, 0.2) is 18.2 Å². The summed E-state index contributed by atoms with van der Waals surface area (Å²) in [5, 5.41) is 17.2. The Hall–Kier alpha value is -1.40. The van der Waals surface area contributed by atoms with E-state index in [-0.39, 0.29) is 6.61 Å². The number of nitriles is 1. The van der Waals surface area contributed by atoms with E-state index >= 15 is 0 Å². The molecule has 0 radical (unpaired) electrons. The molecule has 0 saturated heterocycles. The van der Waals surface area contributed by atoms with E-state index in [9.17, 15) is 4.39 Å². The zero-order valence-corrected chi connectivity index (χ0v) is 6.42. The highest BCUT2D eigenvalue weighted by Crippen LogP contribution is 2.10. The lowest BCUT2D eigenvalue weighted by Gasteiger charge is -2.00. The fraction of sp³-hybridized carbons (Fsp3) is 0.222. The Morgan fingerprint density at radius 1 is 1.50 bits per heavy atom. The molecule has 0 aromatic heterocycles. The van der Waals surface area contributed by atoms with Gasteiger partial charge in [0, 0.05) is 6.61 Å². The minimum absolute atomic E-state index is 0.0275. The minimum Gasteiger partial charge on any atom is -0.396 e. The first-order chi connectivity index (χ1) is 5.77. The van der Waals surface area contributed by atoms with Gasteiger partial charge >= 0.3 is 0 Å². The van der Waals surface area contributed by atoms with E-state index in [1.54, 1.807) is 0 Å². The fourth-order valence-corrected chi connectivity index (χ4v) is 0.991. The van der Waals surface area contributed by atoms with Crippen LogP contribution in [0.1, 0.15) is 11.1 Å². The topological polar surface area (TPSA) is 44.0 Å². The average molecular weight is 165 g/mol. The average Bonchev–Trinajstić information content (AvgIpc) is 2.08. The number of benzene rings is 1. The van der Waals surface area contributed by atoms with Gasteiger partial charge in [0.25, 0.3) is 0 Å². The van der Waals surface area contributed by atoms with Crippen molar-refractivity contribution >= 4 is 0 Å². The molecule has 12 heavy (non-hydrogen) atoms. The first-order valence-electron chi connectivity index (χ1n) is 3.57. The summed E-state index contributed by atoms with van der Waals surface area (Å²) >= 11 is 0. The third kappa shape index (κ3) is 1.80. The third-order valence-electron chi connectivity index (χ3n) is 1.57. The largest absolute Gasteiger partial charge is 0.396 e. The second-order valence-corrected chi connectivity index (χ2v) is 2.39. The van der Waals surface area contributed by atoms with Crippen LogP contribution in [-0.4, -0.2) is 11.7 Å². The number of rotatable bonds is 2. The van der Waals surface area contributed by atoms with Gasteiger partial charge in [-0.1, -0.05) is 6.07 Å². The van der Waals surface area contributed by atoms with Crippen LogP contribution in [0.3, 0.4) is 0 Å². The normalized spacial score (nSPS) is 9.42. The van der Waals surface area contributed by atoms with Gasteiger partial charge in [-0.05, 0) is 24.1 Å². The molecule has 0 heterocycles. The second-order valence-electron chi connectivity index (χ2n) is 2.39. The molecule has 0 aliphatic rings. The molecule has 0 amide bonds. The molecule has 2 nitrogen and oxygen atoms in total. The third-order valence-corrected chi connectivity index (χ3v) is 1.57. The van der Waals surface area contributed by atoms with Crippen molar-refractivity contribution in [1.82, 2.24) is 0 Å². The van der Waals surface area contributed by atoms with Gasteiger partial charge in [0.15, 0.2) is 0 Å². The van der Waals surface area contributed by atoms with Crippen molar-refractivity contribution in [2.24, 2.45) is 0 Å². The van der Waals surface area contributed by atoms with E-state index in [1.165, 1.54) is 18.2 Å². The van der Waals surface area contributed by atoms with Crippen LogP contribution in [0, 0.1) is 17.1 Å². The Morgan fingerprint density at radius 3 is 2.83 bits per heavy atom. The molecule has 0 unspecified atom stereocenters. The van der Waals surface area contributed by atoms with Crippen LogP contribution in [0.25, 0.3) is 0 Å². The van der Waals surface area contributed by atoms with Crippen LogP contribution < -0.4 is 0 Å². The maximum Gasteiger partial charge on any atom is 0.124 e. The van der Waals surface area contributed by atoms with Crippen LogP contribution in [0.4, 0.5) is 4.39 Å². The first-order valence-corrected chi connectivity index (χ1v) is 3.57. The number of halogens is 1. The molecular formula is C9H8FNO. The van der Waals surface area contributed by atoms with Gasteiger partial charge in [0.1, 0.15) is 5.82 Å². The standard InChI is InChI=1S/C9H8FNO/c10-9-2-1-7(3-4-12)8(5-9)6-11/h1-2,5,12H,3-4H2. The molecule has 0 aliphatic carbocycles. The zero-order chi connectivity index (χ0) is 8.97. The summed E-state index contributed by atoms with van der Waals surface area (Å²) in [7, 11) is 0. The first kappa shape index (κ1) is 8.69. The molecule has 62 valence electrons. The fourth-order valence-electron chi connectivity index (χ4n) is 0.991. The molecule has 0 aliphatic heterocycles. The lowest BCUT2D eigenvalue weighted by molar-refractivity contribution is 0.299. The van der Waals surface area contributed by atoms with Crippen molar-refractivity contribution in [1.29, 1.82) is 5.26 Å². The maximum absolute atomic E-state index is 12.6. The summed E-state index contributed by atoms with van der Waals surface area (Å²) < 4.78 is 12.6. The van der Waals surface area contributed by atoms with Gasteiger partial charge in [-0.15, -0.1) is 0 Å². The Labute approximate surface area is 69.9 Å². The number of aliphatic hydroxyl groups is 1. The predicted molar refractivity (Wildman–Crippen MR) is 41.9 cm³/mol. The molecule has 0 spiro atoms. The predicted octanol–water partition coefficient (Wildman–Crippen LogP) is 1.23. The summed E-state index contributed by atoms with van der Waals surface area (Å²) in [6.45, 7) is -0.0275. The lowest BCUT2D eigenvalue weighted by Crippen LogP contribution is -1.95. The van der Waals surface area contributed by atoms with Crippen LogP contribution in [-0.2, 0) is 6.42 Å². The van der Waals surface area contributed by atoms with Gasteiger partial charge in [-0.3, -0.25) is 0 Å². The van der Waals surface area contributed by atoms with Gasteiger partial charge < -0.3 is 5.11 Å². The number of hydrogen-bond donors (Lipinski definition) is 1. The summed E-state index contributed by atoms with van der Waals surface area (Å²) in [5.41, 5.74) is 0.977. The number of nitrogens with zero attached hydrogens (tertiary/aromatic N) is 1. The van der Waals surface area contributed by atoms with Crippen LogP contribution in [0.2, 0.25) is 0 Å². The van der Waals surface area contributed by atoms with Crippen molar-refractivity contribution in [3.63, 3.8) is 0 Å². The Bertz CT molecular complexity index is 317. The highest BCUT2D eigenvalue weighted by Gasteiger charge is 2.01. The molecule has 1 aromatic carbocycles. The van der Waals surface area contributed by atoms with Gasteiger partial charge in [-0.2, -0.15) is 5.26 Å². The van der Waals surface area contributed by atoms with Crippen LogP contribution in [0.5, 0.6) is 0 Å². The second kappa shape index (κ2) is 3.84. The van der Waals surface area contributed by atoms with E-state index in [0.29, 0.717) is 17.5 Å². The number of hydrogen-bond acceptors (Lipinski definition) is 2. The highest BCUT2D eigenvalue weighted by molar-refractivity contribution is 5.37. The van der Waals surface area contributed by atoms with E-state index in [0.717, 1.165) is 0 Å². The van der Waals surface area contributed by atoms with Gasteiger partial charge in [-0.25, -0.2) is 4.39 Å². The van der Waals surface area contributed by atoms with E-state index in [4.69, 9.17) is 10.4 Å². The summed E-state index contributed by atoms with van der Waals surface area (Å²) in [5.74, 6) is -0.423. The molecule has 1 N–H and O–H groups in total. The van der Waals surface area contributed by atoms with E-state index in [1.807, 2.05) is 6.07 Å². The molecule has 0 fully saturated rings. The van der Waals surface area contributed by atoms with Crippen molar-refractivity contribution in [3.8, 4) is 6.07 Å². The molecule has 3 heteroatoms. The summed E-state index contributed by atoms with van der Waals surface area (Å²) in [4.78, 5) is 0. The zero-order valence-electron chi connectivity index (χ0n) is 6.42. The monoisotopic (exact) mass is 165 g/mol. The lowest BCUT2D eigenvalue weighted by atomic mass is 10.1. The number of aliphatic hydroxyl groups excluding tert-OH is 1.